The highest BCUT2D eigenvalue weighted by atomic mass is 35.5. The minimum Gasteiger partial charge on any atom is -0.361 e. The first-order chi connectivity index (χ1) is 11.7. The number of halogens is 1. The van der Waals surface area contributed by atoms with Gasteiger partial charge in [0, 0.05) is 11.4 Å². The average Bonchev–Trinajstić information content (AvgIpc) is 3.05. The Morgan fingerprint density at radius 3 is 2.52 bits per heavy atom. The van der Waals surface area contributed by atoms with Gasteiger partial charge in [-0.25, -0.2) is 8.42 Å². The second-order valence-corrected chi connectivity index (χ2v) is 7.84. The van der Waals surface area contributed by atoms with Crippen LogP contribution in [0.1, 0.15) is 22.8 Å². The van der Waals surface area contributed by atoms with E-state index >= 15 is 0 Å². The number of aromatic amines is 1. The highest BCUT2D eigenvalue weighted by molar-refractivity contribution is 7.93. The molecule has 7 nitrogen and oxygen atoms in total. The Bertz CT molecular complexity index is 1050. The molecule has 0 radical (unpaired) electrons. The standard InChI is InChI=1S/C16H17ClN4O3S/c1-8-5-6-12(17)13(7-8)21-25(22,23)15-10(3)18-9(2)14(15)16-19-11(4)20-24-16/h5-7,18,21H,1-4H3. The number of rotatable bonds is 4. The summed E-state index contributed by atoms with van der Waals surface area (Å²) in [6, 6.07) is 5.12. The number of nitrogens with zero attached hydrogens (tertiary/aromatic N) is 2. The van der Waals surface area contributed by atoms with E-state index in [1.807, 2.05) is 6.92 Å². The summed E-state index contributed by atoms with van der Waals surface area (Å²) in [6.45, 7) is 6.94. The van der Waals surface area contributed by atoms with Crippen LogP contribution in [-0.2, 0) is 10.0 Å². The maximum Gasteiger partial charge on any atom is 0.264 e. The summed E-state index contributed by atoms with van der Waals surface area (Å²) >= 11 is 6.12. The van der Waals surface area contributed by atoms with Gasteiger partial charge in [-0.1, -0.05) is 22.8 Å². The number of benzene rings is 1. The van der Waals surface area contributed by atoms with Crippen molar-refractivity contribution in [3.8, 4) is 11.5 Å². The zero-order valence-electron chi connectivity index (χ0n) is 14.1. The molecule has 25 heavy (non-hydrogen) atoms. The molecule has 0 aliphatic rings. The topological polar surface area (TPSA) is 101 Å². The summed E-state index contributed by atoms with van der Waals surface area (Å²) in [4.78, 5) is 7.24. The van der Waals surface area contributed by atoms with Gasteiger partial charge in [-0.05, 0) is 45.4 Å². The molecule has 0 aliphatic heterocycles. The minimum atomic E-state index is -3.93. The number of aromatic nitrogens is 3. The van der Waals surface area contributed by atoms with E-state index in [0.29, 0.717) is 33.5 Å². The smallest absolute Gasteiger partial charge is 0.264 e. The molecule has 0 saturated heterocycles. The van der Waals surface area contributed by atoms with E-state index in [1.165, 1.54) is 0 Å². The van der Waals surface area contributed by atoms with Crippen LogP contribution in [0.5, 0.6) is 0 Å². The number of anilines is 1. The van der Waals surface area contributed by atoms with E-state index in [-0.39, 0.29) is 10.8 Å². The average molecular weight is 381 g/mol. The van der Waals surface area contributed by atoms with Crippen LogP contribution in [0, 0.1) is 27.7 Å². The van der Waals surface area contributed by atoms with Crippen molar-refractivity contribution in [3.05, 3.63) is 46.0 Å². The molecule has 3 aromatic rings. The van der Waals surface area contributed by atoms with E-state index in [9.17, 15) is 8.42 Å². The van der Waals surface area contributed by atoms with Gasteiger partial charge in [0.15, 0.2) is 5.82 Å². The number of H-pyrrole nitrogens is 1. The van der Waals surface area contributed by atoms with Crippen molar-refractivity contribution in [3.63, 3.8) is 0 Å². The molecule has 2 heterocycles. The Morgan fingerprint density at radius 1 is 1.16 bits per heavy atom. The molecular weight excluding hydrogens is 364 g/mol. The van der Waals surface area contributed by atoms with Crippen molar-refractivity contribution in [2.24, 2.45) is 0 Å². The predicted molar refractivity (Wildman–Crippen MR) is 95.3 cm³/mol. The minimum absolute atomic E-state index is 0.0613. The van der Waals surface area contributed by atoms with E-state index in [4.69, 9.17) is 16.1 Å². The largest absolute Gasteiger partial charge is 0.361 e. The highest BCUT2D eigenvalue weighted by Crippen LogP contribution is 2.34. The predicted octanol–water partition coefficient (Wildman–Crippen LogP) is 3.75. The molecular formula is C16H17ClN4O3S. The summed E-state index contributed by atoms with van der Waals surface area (Å²) in [6.07, 6.45) is 0. The first-order valence-corrected chi connectivity index (χ1v) is 9.34. The van der Waals surface area contributed by atoms with Gasteiger partial charge < -0.3 is 9.51 Å². The zero-order chi connectivity index (χ0) is 18.4. The van der Waals surface area contributed by atoms with Crippen molar-refractivity contribution in [1.29, 1.82) is 0 Å². The molecule has 0 bridgehead atoms. The lowest BCUT2D eigenvalue weighted by molar-refractivity contribution is 0.424. The lowest BCUT2D eigenvalue weighted by Crippen LogP contribution is -2.15. The van der Waals surface area contributed by atoms with Crippen LogP contribution in [0.4, 0.5) is 5.69 Å². The molecule has 0 spiro atoms. The Labute approximate surface area is 150 Å². The van der Waals surface area contributed by atoms with E-state index in [0.717, 1.165) is 5.56 Å². The lowest BCUT2D eigenvalue weighted by atomic mass is 10.2. The van der Waals surface area contributed by atoms with Crippen LogP contribution in [-0.4, -0.2) is 23.5 Å². The molecule has 2 aromatic heterocycles. The molecule has 9 heteroatoms. The summed E-state index contributed by atoms with van der Waals surface area (Å²) in [5.41, 5.74) is 2.65. The fourth-order valence-corrected chi connectivity index (χ4v) is 4.41. The Hall–Kier alpha value is -2.32. The van der Waals surface area contributed by atoms with Gasteiger partial charge in [0.05, 0.1) is 16.3 Å². The quantitative estimate of drug-likeness (QED) is 0.717. The summed E-state index contributed by atoms with van der Waals surface area (Å²) < 4.78 is 33.8. The van der Waals surface area contributed by atoms with E-state index in [2.05, 4.69) is 19.8 Å². The second-order valence-electron chi connectivity index (χ2n) is 5.81. The molecule has 0 aliphatic carbocycles. The molecule has 3 rings (SSSR count). The van der Waals surface area contributed by atoms with Gasteiger partial charge in [0.2, 0.25) is 0 Å². The monoisotopic (exact) mass is 380 g/mol. The first-order valence-electron chi connectivity index (χ1n) is 7.48. The molecule has 0 saturated carbocycles. The number of hydrogen-bond donors (Lipinski definition) is 2. The fourth-order valence-electron chi connectivity index (χ4n) is 2.66. The highest BCUT2D eigenvalue weighted by Gasteiger charge is 2.29. The molecule has 1 aromatic carbocycles. The SMILES string of the molecule is Cc1ccc(Cl)c(NS(=O)(=O)c2c(C)[nH]c(C)c2-c2nc(C)no2)c1. The maximum absolute atomic E-state index is 13.0. The van der Waals surface area contributed by atoms with Crippen molar-refractivity contribution < 1.29 is 12.9 Å². The summed E-state index contributed by atoms with van der Waals surface area (Å²) in [7, 11) is -3.93. The van der Waals surface area contributed by atoms with Gasteiger partial charge >= 0.3 is 0 Å². The Balaban J connectivity index is 2.13. The molecule has 2 N–H and O–H groups in total. The van der Waals surface area contributed by atoms with Crippen LogP contribution in [0.15, 0.2) is 27.6 Å². The Kier molecular flexibility index (Phi) is 4.34. The van der Waals surface area contributed by atoms with Crippen LogP contribution < -0.4 is 4.72 Å². The lowest BCUT2D eigenvalue weighted by Gasteiger charge is -2.11. The molecule has 132 valence electrons. The van der Waals surface area contributed by atoms with Crippen molar-refractivity contribution in [2.75, 3.05) is 4.72 Å². The zero-order valence-corrected chi connectivity index (χ0v) is 15.7. The third kappa shape index (κ3) is 3.27. The molecule has 0 unspecified atom stereocenters. The number of aryl methyl sites for hydroxylation is 4. The van der Waals surface area contributed by atoms with E-state index in [1.54, 1.807) is 39.0 Å². The van der Waals surface area contributed by atoms with Gasteiger partial charge in [-0.15, -0.1) is 0 Å². The van der Waals surface area contributed by atoms with Gasteiger partial charge in [-0.2, -0.15) is 4.98 Å². The van der Waals surface area contributed by atoms with Gasteiger partial charge in [-0.3, -0.25) is 4.72 Å². The normalized spacial score (nSPS) is 11.7. The summed E-state index contributed by atoms with van der Waals surface area (Å²) in [5.74, 6) is 0.571. The van der Waals surface area contributed by atoms with Crippen molar-refractivity contribution in [2.45, 2.75) is 32.6 Å². The molecule has 0 amide bonds. The Morgan fingerprint density at radius 2 is 1.88 bits per heavy atom. The number of sulfonamides is 1. The summed E-state index contributed by atoms with van der Waals surface area (Å²) in [5, 5.41) is 4.05. The number of hydrogen-bond acceptors (Lipinski definition) is 5. The second kappa shape index (κ2) is 6.20. The van der Waals surface area contributed by atoms with Crippen LogP contribution >= 0.6 is 11.6 Å². The maximum atomic E-state index is 13.0. The van der Waals surface area contributed by atoms with Crippen LogP contribution in [0.25, 0.3) is 11.5 Å². The third-order valence-corrected chi connectivity index (χ3v) is 5.56. The first kappa shape index (κ1) is 17.5. The van der Waals surface area contributed by atoms with Crippen molar-refractivity contribution in [1.82, 2.24) is 15.1 Å². The van der Waals surface area contributed by atoms with Crippen LogP contribution in [0.3, 0.4) is 0 Å². The third-order valence-electron chi connectivity index (χ3n) is 3.69. The molecule has 0 atom stereocenters. The van der Waals surface area contributed by atoms with Crippen molar-refractivity contribution >= 4 is 27.3 Å². The number of nitrogens with one attached hydrogen (secondary N) is 2. The van der Waals surface area contributed by atoms with Crippen LogP contribution in [0.2, 0.25) is 5.02 Å². The van der Waals surface area contributed by atoms with Gasteiger partial charge in [0.1, 0.15) is 4.90 Å². The van der Waals surface area contributed by atoms with Gasteiger partial charge in [0.25, 0.3) is 15.9 Å². The van der Waals surface area contributed by atoms with E-state index < -0.39 is 10.0 Å². The fraction of sp³-hybridized carbons (Fsp3) is 0.250. The molecule has 0 fully saturated rings.